The summed E-state index contributed by atoms with van der Waals surface area (Å²) in [6.45, 7) is 1.95. The normalized spacial score (nSPS) is 25.4. The van der Waals surface area contributed by atoms with E-state index in [1.807, 2.05) is 31.2 Å². The van der Waals surface area contributed by atoms with E-state index in [2.05, 4.69) is 27.8 Å². The van der Waals surface area contributed by atoms with Crippen LogP contribution in [0.4, 0.5) is 5.82 Å². The molecule has 0 saturated heterocycles. The lowest BCUT2D eigenvalue weighted by molar-refractivity contribution is 0.0210. The summed E-state index contributed by atoms with van der Waals surface area (Å²) in [5.41, 5.74) is 2.71. The number of nitrogens with one attached hydrogen (secondary N) is 1. The molecule has 138 valence electrons. The summed E-state index contributed by atoms with van der Waals surface area (Å²) in [5.74, 6) is 0.816. The highest BCUT2D eigenvalue weighted by atomic mass is 32.1. The van der Waals surface area contributed by atoms with Gasteiger partial charge in [0.25, 0.3) is 0 Å². The van der Waals surface area contributed by atoms with Crippen molar-refractivity contribution in [3.8, 4) is 11.3 Å². The number of rotatable bonds is 3. The lowest BCUT2D eigenvalue weighted by atomic mass is 10.1. The molecule has 0 aliphatic heterocycles. The number of aliphatic hydroxyl groups is 2. The van der Waals surface area contributed by atoms with Crippen LogP contribution in [0.5, 0.6) is 0 Å². The largest absolute Gasteiger partial charge is 0.390 e. The van der Waals surface area contributed by atoms with Gasteiger partial charge in [-0.05, 0) is 24.5 Å². The van der Waals surface area contributed by atoms with Crippen molar-refractivity contribution < 1.29 is 10.2 Å². The van der Waals surface area contributed by atoms with Crippen LogP contribution in [0.25, 0.3) is 27.0 Å². The first-order valence-electron chi connectivity index (χ1n) is 9.06. The molecule has 0 radical (unpaired) electrons. The minimum absolute atomic E-state index is 0.0557. The second-order valence-corrected chi connectivity index (χ2v) is 8.13. The van der Waals surface area contributed by atoms with Crippen LogP contribution in [-0.4, -0.2) is 43.1 Å². The molecule has 7 heteroatoms. The molecule has 4 atom stereocenters. The van der Waals surface area contributed by atoms with Crippen LogP contribution >= 0.6 is 11.3 Å². The maximum atomic E-state index is 10.3. The fourth-order valence-electron chi connectivity index (χ4n) is 3.90. The van der Waals surface area contributed by atoms with Gasteiger partial charge in [0.15, 0.2) is 5.65 Å². The summed E-state index contributed by atoms with van der Waals surface area (Å²) >= 11 is 1.70. The second kappa shape index (κ2) is 6.30. The lowest BCUT2D eigenvalue weighted by Gasteiger charge is -2.19. The highest BCUT2D eigenvalue weighted by Crippen LogP contribution is 2.34. The predicted molar refractivity (Wildman–Crippen MR) is 107 cm³/mol. The molecule has 3 N–H and O–H groups in total. The van der Waals surface area contributed by atoms with E-state index in [0.717, 1.165) is 22.7 Å². The van der Waals surface area contributed by atoms with Crippen molar-refractivity contribution in [3.05, 3.63) is 48.0 Å². The number of thiophene rings is 1. The third-order valence-corrected chi connectivity index (χ3v) is 6.38. The smallest absolute Gasteiger partial charge is 0.157 e. The number of aromatic nitrogens is 3. The van der Waals surface area contributed by atoms with E-state index in [0.29, 0.717) is 6.42 Å². The number of anilines is 1. The van der Waals surface area contributed by atoms with Gasteiger partial charge >= 0.3 is 0 Å². The monoisotopic (exact) mass is 380 g/mol. The summed E-state index contributed by atoms with van der Waals surface area (Å²) in [4.78, 5) is 4.43. The zero-order valence-electron chi connectivity index (χ0n) is 14.8. The average molecular weight is 380 g/mol. The van der Waals surface area contributed by atoms with Gasteiger partial charge in [0.2, 0.25) is 0 Å². The van der Waals surface area contributed by atoms with Crippen LogP contribution in [0, 0.1) is 5.92 Å². The first kappa shape index (κ1) is 16.7. The molecular formula is C20H20N4O2S. The van der Waals surface area contributed by atoms with Gasteiger partial charge in [0.05, 0.1) is 17.8 Å². The molecule has 5 rings (SSSR count). The Balaban J connectivity index is 1.54. The Labute approximate surface area is 160 Å². The van der Waals surface area contributed by atoms with E-state index >= 15 is 0 Å². The van der Waals surface area contributed by atoms with Gasteiger partial charge in [0.1, 0.15) is 11.9 Å². The number of benzene rings is 1. The fourth-order valence-corrected chi connectivity index (χ4v) is 4.86. The Kier molecular flexibility index (Phi) is 3.89. The second-order valence-electron chi connectivity index (χ2n) is 7.22. The summed E-state index contributed by atoms with van der Waals surface area (Å²) in [6, 6.07) is 11.9. The standard InChI is InChI=1S/C20H20N4O2S/c1-11-8-15(20(26)19(11)25)22-17-6-7-21-18-9-14(23-24(17)18)13-10-27-16-5-3-2-4-12(13)16/h2-7,9-11,15,19-20,22,25-26H,8H2,1H3/t11-,15-,19-,20+/m1/s1. The van der Waals surface area contributed by atoms with Gasteiger partial charge < -0.3 is 15.5 Å². The van der Waals surface area contributed by atoms with Crippen LogP contribution in [-0.2, 0) is 0 Å². The molecule has 0 bridgehead atoms. The zero-order valence-corrected chi connectivity index (χ0v) is 15.6. The average Bonchev–Trinajstić information content (AvgIpc) is 3.35. The van der Waals surface area contributed by atoms with Crippen molar-refractivity contribution in [3.63, 3.8) is 0 Å². The van der Waals surface area contributed by atoms with Crippen LogP contribution in [0.2, 0.25) is 0 Å². The van der Waals surface area contributed by atoms with E-state index < -0.39 is 12.2 Å². The fraction of sp³-hybridized carbons (Fsp3) is 0.300. The van der Waals surface area contributed by atoms with E-state index in [-0.39, 0.29) is 12.0 Å². The van der Waals surface area contributed by atoms with E-state index in [9.17, 15) is 10.2 Å². The van der Waals surface area contributed by atoms with Crippen molar-refractivity contribution in [2.45, 2.75) is 31.6 Å². The molecule has 4 aromatic rings. The van der Waals surface area contributed by atoms with Crippen LogP contribution in [0.1, 0.15) is 13.3 Å². The third kappa shape index (κ3) is 2.70. The molecular weight excluding hydrogens is 360 g/mol. The minimum Gasteiger partial charge on any atom is -0.390 e. The number of hydrogen-bond donors (Lipinski definition) is 3. The number of aliphatic hydroxyl groups excluding tert-OH is 2. The van der Waals surface area contributed by atoms with E-state index in [1.54, 1.807) is 22.0 Å². The first-order valence-corrected chi connectivity index (χ1v) is 9.94. The molecule has 0 amide bonds. The minimum atomic E-state index is -0.793. The number of fused-ring (bicyclic) bond motifs is 2. The summed E-state index contributed by atoms with van der Waals surface area (Å²) in [7, 11) is 0. The maximum Gasteiger partial charge on any atom is 0.157 e. The molecule has 3 aromatic heterocycles. The molecule has 0 spiro atoms. The Bertz CT molecular complexity index is 1120. The maximum absolute atomic E-state index is 10.3. The molecule has 6 nitrogen and oxygen atoms in total. The Hall–Kier alpha value is -2.48. The highest BCUT2D eigenvalue weighted by Gasteiger charge is 2.39. The van der Waals surface area contributed by atoms with Gasteiger partial charge in [-0.2, -0.15) is 9.61 Å². The van der Waals surface area contributed by atoms with E-state index in [4.69, 9.17) is 5.10 Å². The summed E-state index contributed by atoms with van der Waals surface area (Å²) in [5, 5.41) is 31.7. The Morgan fingerprint density at radius 1 is 1.19 bits per heavy atom. The van der Waals surface area contributed by atoms with Gasteiger partial charge in [-0.15, -0.1) is 11.3 Å². The zero-order chi connectivity index (χ0) is 18.5. The molecule has 27 heavy (non-hydrogen) atoms. The van der Waals surface area contributed by atoms with Crippen molar-refractivity contribution in [1.29, 1.82) is 0 Å². The van der Waals surface area contributed by atoms with Crippen molar-refractivity contribution >= 4 is 32.9 Å². The van der Waals surface area contributed by atoms with Gasteiger partial charge in [-0.25, -0.2) is 4.98 Å². The molecule has 1 saturated carbocycles. The number of hydrogen-bond acceptors (Lipinski definition) is 6. The molecule has 1 aromatic carbocycles. The first-order chi connectivity index (χ1) is 13.1. The van der Waals surface area contributed by atoms with Crippen LogP contribution in [0.15, 0.2) is 48.0 Å². The molecule has 1 fully saturated rings. The van der Waals surface area contributed by atoms with Crippen molar-refractivity contribution in [1.82, 2.24) is 14.6 Å². The Morgan fingerprint density at radius 2 is 2.04 bits per heavy atom. The Morgan fingerprint density at radius 3 is 2.85 bits per heavy atom. The highest BCUT2D eigenvalue weighted by molar-refractivity contribution is 7.17. The van der Waals surface area contributed by atoms with Gasteiger partial charge in [-0.3, -0.25) is 0 Å². The quantitative estimate of drug-likeness (QED) is 0.509. The van der Waals surface area contributed by atoms with Crippen LogP contribution in [0.3, 0.4) is 0 Å². The molecule has 1 aliphatic rings. The van der Waals surface area contributed by atoms with Crippen molar-refractivity contribution in [2.75, 3.05) is 5.32 Å². The van der Waals surface area contributed by atoms with Crippen molar-refractivity contribution in [2.24, 2.45) is 5.92 Å². The van der Waals surface area contributed by atoms with E-state index in [1.165, 1.54) is 10.1 Å². The number of nitrogens with zero attached hydrogens (tertiary/aromatic N) is 3. The molecule has 1 aliphatic carbocycles. The molecule has 3 heterocycles. The third-order valence-electron chi connectivity index (χ3n) is 5.42. The lowest BCUT2D eigenvalue weighted by Crippen LogP contribution is -2.35. The summed E-state index contributed by atoms with van der Waals surface area (Å²) < 4.78 is 3.00. The van der Waals surface area contributed by atoms with Gasteiger partial charge in [0, 0.05) is 33.3 Å². The topological polar surface area (TPSA) is 82.7 Å². The van der Waals surface area contributed by atoms with Crippen LogP contribution < -0.4 is 5.32 Å². The molecule has 0 unspecified atom stereocenters. The van der Waals surface area contributed by atoms with Gasteiger partial charge in [-0.1, -0.05) is 25.1 Å². The predicted octanol–water partition coefficient (Wildman–Crippen LogP) is 3.15. The summed E-state index contributed by atoms with van der Waals surface area (Å²) in [6.07, 6.45) is 0.940. The SMILES string of the molecule is C[C@@H]1C[C@@H](Nc2ccnc3cc(-c4csc5ccccc45)nn23)[C@H](O)[C@@H]1O.